The molecule has 1 saturated heterocycles. The molecule has 1 amide bonds. The number of H-pyrrole nitrogens is 1. The van der Waals surface area contributed by atoms with Gasteiger partial charge in [0.15, 0.2) is 5.76 Å². The van der Waals surface area contributed by atoms with Gasteiger partial charge in [-0.3, -0.25) is 9.69 Å². The first kappa shape index (κ1) is 17.0. The maximum absolute atomic E-state index is 12.2. The molecule has 3 rings (SSSR count). The van der Waals surface area contributed by atoms with Gasteiger partial charge in [0.25, 0.3) is 5.91 Å². The van der Waals surface area contributed by atoms with Crippen LogP contribution in [-0.4, -0.2) is 51.6 Å². The third-order valence-corrected chi connectivity index (χ3v) is 5.13. The second-order valence-corrected chi connectivity index (χ2v) is 7.00. The molecule has 0 aromatic carbocycles. The number of hydrogen-bond donors (Lipinski definition) is 2. The van der Waals surface area contributed by atoms with E-state index >= 15 is 0 Å². The third-order valence-electron chi connectivity index (χ3n) is 4.23. The number of carbonyl (C=O) groups is 1. The van der Waals surface area contributed by atoms with Gasteiger partial charge in [-0.05, 0) is 45.0 Å². The van der Waals surface area contributed by atoms with Crippen molar-refractivity contribution >= 4 is 17.7 Å². The molecule has 7 nitrogen and oxygen atoms in total. The minimum Gasteiger partial charge on any atom is -0.454 e. The van der Waals surface area contributed by atoms with Crippen molar-refractivity contribution in [3.63, 3.8) is 0 Å². The molecule has 8 heteroatoms. The van der Waals surface area contributed by atoms with Crippen LogP contribution in [0.4, 0.5) is 0 Å². The Kier molecular flexibility index (Phi) is 5.92. The maximum atomic E-state index is 12.2. The van der Waals surface area contributed by atoms with Gasteiger partial charge in [0.2, 0.25) is 0 Å². The van der Waals surface area contributed by atoms with Gasteiger partial charge in [0.05, 0.1) is 12.2 Å². The molecule has 2 N–H and O–H groups in total. The third kappa shape index (κ3) is 4.39. The van der Waals surface area contributed by atoms with E-state index in [1.807, 2.05) is 6.07 Å². The monoisotopic (exact) mass is 349 g/mol. The van der Waals surface area contributed by atoms with Crippen LogP contribution in [0.3, 0.4) is 0 Å². The van der Waals surface area contributed by atoms with E-state index in [4.69, 9.17) is 4.42 Å². The fraction of sp³-hybridized carbons (Fsp3) is 0.562. The molecule has 0 radical (unpaired) electrons. The molecular weight excluding hydrogens is 326 g/mol. The summed E-state index contributed by atoms with van der Waals surface area (Å²) >= 11 is 1.54. The number of furan rings is 1. The van der Waals surface area contributed by atoms with Crippen molar-refractivity contribution in [2.45, 2.75) is 37.3 Å². The van der Waals surface area contributed by atoms with Crippen LogP contribution in [0.5, 0.6) is 0 Å². The Balaban J connectivity index is 1.46. The Morgan fingerprint density at radius 1 is 1.42 bits per heavy atom. The minimum atomic E-state index is -0.173. The first-order chi connectivity index (χ1) is 11.7. The van der Waals surface area contributed by atoms with Gasteiger partial charge in [0, 0.05) is 12.3 Å². The highest BCUT2D eigenvalue weighted by molar-refractivity contribution is 7.99. The Morgan fingerprint density at radius 3 is 3.00 bits per heavy atom. The van der Waals surface area contributed by atoms with E-state index in [1.165, 1.54) is 31.0 Å². The van der Waals surface area contributed by atoms with Crippen LogP contribution in [-0.2, 0) is 0 Å². The summed E-state index contributed by atoms with van der Waals surface area (Å²) in [5.74, 6) is 1.79. The van der Waals surface area contributed by atoms with Crippen LogP contribution in [0.2, 0.25) is 0 Å². The van der Waals surface area contributed by atoms with Crippen molar-refractivity contribution < 1.29 is 9.21 Å². The zero-order chi connectivity index (χ0) is 16.8. The predicted molar refractivity (Wildman–Crippen MR) is 92.0 cm³/mol. The number of aromatic amines is 1. The van der Waals surface area contributed by atoms with E-state index in [0.29, 0.717) is 12.3 Å². The SMILES string of the molecule is C[C@@H](c1ccc(C(=O)NCCSc2cn[nH]n2)o1)N1CCCCC1. The van der Waals surface area contributed by atoms with Crippen molar-refractivity contribution in [3.8, 4) is 0 Å². The first-order valence-corrected chi connectivity index (χ1v) is 9.33. The Bertz CT molecular complexity index is 637. The van der Waals surface area contributed by atoms with Gasteiger partial charge >= 0.3 is 0 Å². The minimum absolute atomic E-state index is 0.173. The zero-order valence-electron chi connectivity index (χ0n) is 13.8. The fourth-order valence-corrected chi connectivity index (χ4v) is 3.50. The smallest absolute Gasteiger partial charge is 0.287 e. The lowest BCUT2D eigenvalue weighted by molar-refractivity contribution is 0.0919. The fourth-order valence-electron chi connectivity index (χ4n) is 2.85. The molecule has 3 heterocycles. The second kappa shape index (κ2) is 8.34. The van der Waals surface area contributed by atoms with Crippen LogP contribution in [0.15, 0.2) is 27.8 Å². The highest BCUT2D eigenvalue weighted by Gasteiger charge is 2.22. The van der Waals surface area contributed by atoms with E-state index in [0.717, 1.165) is 29.6 Å². The van der Waals surface area contributed by atoms with Crippen LogP contribution in [0, 0.1) is 0 Å². The number of carbonyl (C=O) groups excluding carboxylic acids is 1. The van der Waals surface area contributed by atoms with Crippen molar-refractivity contribution in [1.29, 1.82) is 0 Å². The molecular formula is C16H23N5O2S. The number of amides is 1. The molecule has 0 unspecified atom stereocenters. The van der Waals surface area contributed by atoms with Crippen LogP contribution < -0.4 is 5.32 Å². The number of nitrogens with one attached hydrogen (secondary N) is 2. The summed E-state index contributed by atoms with van der Waals surface area (Å²) in [6, 6.07) is 3.89. The van der Waals surface area contributed by atoms with Crippen molar-refractivity contribution in [3.05, 3.63) is 29.9 Å². The molecule has 1 aliphatic rings. The molecule has 2 aromatic heterocycles. The number of hydrogen-bond acceptors (Lipinski definition) is 6. The molecule has 0 bridgehead atoms. The molecule has 0 saturated carbocycles. The standard InChI is InChI=1S/C16H23N5O2S/c1-12(21-8-3-2-4-9-21)13-5-6-14(23-13)16(22)17-7-10-24-15-11-18-20-19-15/h5-6,11-12H,2-4,7-10H2,1H3,(H,17,22)(H,18,19,20)/t12-/m0/s1. The van der Waals surface area contributed by atoms with E-state index < -0.39 is 0 Å². The molecule has 130 valence electrons. The normalized spacial score (nSPS) is 16.9. The predicted octanol–water partition coefficient (Wildman–Crippen LogP) is 2.47. The Labute approximate surface area is 145 Å². The number of likely N-dealkylation sites (tertiary alicyclic amines) is 1. The second-order valence-electron chi connectivity index (χ2n) is 5.89. The topological polar surface area (TPSA) is 87.0 Å². The molecule has 1 aliphatic heterocycles. The van der Waals surface area contributed by atoms with Crippen LogP contribution in [0.1, 0.15) is 48.5 Å². The highest BCUT2D eigenvalue weighted by Crippen LogP contribution is 2.25. The Hall–Kier alpha value is -1.80. The number of rotatable bonds is 7. The van der Waals surface area contributed by atoms with Gasteiger partial charge in [-0.15, -0.1) is 16.9 Å². The van der Waals surface area contributed by atoms with Crippen molar-refractivity contribution in [2.24, 2.45) is 0 Å². The maximum Gasteiger partial charge on any atom is 0.287 e. The van der Waals surface area contributed by atoms with E-state index in [-0.39, 0.29) is 11.9 Å². The van der Waals surface area contributed by atoms with E-state index in [1.54, 1.807) is 12.3 Å². The lowest BCUT2D eigenvalue weighted by atomic mass is 10.1. The first-order valence-electron chi connectivity index (χ1n) is 8.34. The van der Waals surface area contributed by atoms with Gasteiger partial charge in [-0.1, -0.05) is 6.42 Å². The number of piperidine rings is 1. The van der Waals surface area contributed by atoms with Crippen LogP contribution >= 0.6 is 11.8 Å². The quantitative estimate of drug-likeness (QED) is 0.590. The van der Waals surface area contributed by atoms with Gasteiger partial charge < -0.3 is 9.73 Å². The molecule has 2 aromatic rings. The number of thioether (sulfide) groups is 1. The van der Waals surface area contributed by atoms with Gasteiger partial charge in [0.1, 0.15) is 10.8 Å². The summed E-state index contributed by atoms with van der Waals surface area (Å²) in [6.45, 7) is 4.89. The van der Waals surface area contributed by atoms with Crippen molar-refractivity contribution in [1.82, 2.24) is 25.6 Å². The molecule has 1 atom stereocenters. The van der Waals surface area contributed by atoms with E-state index in [2.05, 4.69) is 32.6 Å². The molecule has 24 heavy (non-hydrogen) atoms. The molecule has 1 fully saturated rings. The molecule has 0 aliphatic carbocycles. The average molecular weight is 349 g/mol. The number of nitrogens with zero attached hydrogens (tertiary/aromatic N) is 3. The summed E-state index contributed by atoms with van der Waals surface area (Å²) in [5.41, 5.74) is 0. The van der Waals surface area contributed by atoms with Gasteiger partial charge in [-0.25, -0.2) is 0 Å². The summed E-state index contributed by atoms with van der Waals surface area (Å²) < 4.78 is 5.78. The highest BCUT2D eigenvalue weighted by atomic mass is 32.2. The largest absolute Gasteiger partial charge is 0.454 e. The summed E-state index contributed by atoms with van der Waals surface area (Å²) in [6.07, 6.45) is 5.44. The number of aromatic nitrogens is 3. The summed E-state index contributed by atoms with van der Waals surface area (Å²) in [4.78, 5) is 14.6. The summed E-state index contributed by atoms with van der Waals surface area (Å²) in [5, 5.41) is 13.9. The van der Waals surface area contributed by atoms with E-state index in [9.17, 15) is 4.79 Å². The average Bonchev–Trinajstić information content (AvgIpc) is 3.30. The summed E-state index contributed by atoms with van der Waals surface area (Å²) in [7, 11) is 0. The van der Waals surface area contributed by atoms with Crippen molar-refractivity contribution in [2.75, 3.05) is 25.4 Å². The lowest BCUT2D eigenvalue weighted by Gasteiger charge is -2.31. The van der Waals surface area contributed by atoms with Gasteiger partial charge in [-0.2, -0.15) is 10.3 Å². The lowest BCUT2D eigenvalue weighted by Crippen LogP contribution is -2.32. The zero-order valence-corrected chi connectivity index (χ0v) is 14.6. The van der Waals surface area contributed by atoms with Crippen LogP contribution in [0.25, 0.3) is 0 Å². The Morgan fingerprint density at radius 2 is 2.25 bits per heavy atom. The molecule has 0 spiro atoms.